The zero-order valence-corrected chi connectivity index (χ0v) is 11.8. The van der Waals surface area contributed by atoms with Crippen LogP contribution in [0.25, 0.3) is 0 Å². The van der Waals surface area contributed by atoms with E-state index in [2.05, 4.69) is 5.32 Å². The van der Waals surface area contributed by atoms with Gasteiger partial charge in [0.25, 0.3) is 0 Å². The van der Waals surface area contributed by atoms with E-state index in [-0.39, 0.29) is 24.9 Å². The second-order valence-corrected chi connectivity index (χ2v) is 5.30. The SMILES string of the molecule is O=C(CN(CCO)C1CCCC1)Nc1cc(F)ccc1F. The Labute approximate surface area is 122 Å². The number of nitrogens with zero attached hydrogens (tertiary/aromatic N) is 1. The average molecular weight is 298 g/mol. The minimum atomic E-state index is -0.667. The third-order valence-electron chi connectivity index (χ3n) is 3.78. The predicted molar refractivity (Wildman–Crippen MR) is 75.9 cm³/mol. The van der Waals surface area contributed by atoms with Gasteiger partial charge in [-0.15, -0.1) is 0 Å². The van der Waals surface area contributed by atoms with Crippen molar-refractivity contribution in [3.05, 3.63) is 29.8 Å². The van der Waals surface area contributed by atoms with Crippen LogP contribution in [-0.4, -0.2) is 41.7 Å². The standard InChI is InChI=1S/C15H20F2N2O2/c16-11-5-6-13(17)14(9-11)18-15(21)10-19(7-8-20)12-3-1-2-4-12/h5-6,9,12,20H,1-4,7-8,10H2,(H,18,21). The predicted octanol–water partition coefficient (Wildman–Crippen LogP) is 2.14. The number of aliphatic hydroxyl groups is 1. The molecule has 1 fully saturated rings. The molecule has 2 rings (SSSR count). The van der Waals surface area contributed by atoms with Crippen LogP contribution in [0.2, 0.25) is 0 Å². The van der Waals surface area contributed by atoms with Crippen molar-refractivity contribution in [2.24, 2.45) is 0 Å². The Morgan fingerprint density at radius 2 is 2.05 bits per heavy atom. The summed E-state index contributed by atoms with van der Waals surface area (Å²) >= 11 is 0. The summed E-state index contributed by atoms with van der Waals surface area (Å²) < 4.78 is 26.5. The maximum atomic E-state index is 13.5. The zero-order chi connectivity index (χ0) is 15.2. The molecular weight excluding hydrogens is 278 g/mol. The van der Waals surface area contributed by atoms with Gasteiger partial charge in [-0.25, -0.2) is 8.78 Å². The quantitative estimate of drug-likeness (QED) is 0.846. The normalized spacial score (nSPS) is 15.6. The molecule has 0 unspecified atom stereocenters. The number of aliphatic hydroxyl groups excluding tert-OH is 1. The largest absolute Gasteiger partial charge is 0.395 e. The van der Waals surface area contributed by atoms with Crippen LogP contribution in [0.3, 0.4) is 0 Å². The topological polar surface area (TPSA) is 52.6 Å². The summed E-state index contributed by atoms with van der Waals surface area (Å²) in [5.41, 5.74) is -0.157. The first-order valence-electron chi connectivity index (χ1n) is 7.20. The van der Waals surface area contributed by atoms with E-state index in [1.807, 2.05) is 4.90 Å². The summed E-state index contributed by atoms with van der Waals surface area (Å²) in [6.07, 6.45) is 4.24. The van der Waals surface area contributed by atoms with E-state index < -0.39 is 17.5 Å². The molecule has 1 aliphatic carbocycles. The van der Waals surface area contributed by atoms with E-state index in [1.165, 1.54) is 0 Å². The molecule has 1 amide bonds. The van der Waals surface area contributed by atoms with Crippen molar-refractivity contribution in [1.29, 1.82) is 0 Å². The molecule has 4 nitrogen and oxygen atoms in total. The van der Waals surface area contributed by atoms with Gasteiger partial charge in [-0.2, -0.15) is 0 Å². The van der Waals surface area contributed by atoms with Gasteiger partial charge in [0.05, 0.1) is 18.8 Å². The lowest BCUT2D eigenvalue weighted by Crippen LogP contribution is -2.41. The van der Waals surface area contributed by atoms with Gasteiger partial charge in [-0.05, 0) is 25.0 Å². The molecule has 6 heteroatoms. The van der Waals surface area contributed by atoms with Crippen LogP contribution >= 0.6 is 0 Å². The Morgan fingerprint density at radius 3 is 2.71 bits per heavy atom. The minimum absolute atomic E-state index is 0.0297. The van der Waals surface area contributed by atoms with Crippen LogP contribution < -0.4 is 5.32 Å². The summed E-state index contributed by atoms with van der Waals surface area (Å²) in [5, 5.41) is 11.5. The zero-order valence-electron chi connectivity index (χ0n) is 11.8. The summed E-state index contributed by atoms with van der Waals surface area (Å²) in [6, 6.07) is 3.22. The fraction of sp³-hybridized carbons (Fsp3) is 0.533. The molecule has 0 bridgehead atoms. The summed E-state index contributed by atoms with van der Waals surface area (Å²) in [4.78, 5) is 13.9. The number of amides is 1. The maximum absolute atomic E-state index is 13.5. The first-order valence-corrected chi connectivity index (χ1v) is 7.20. The van der Waals surface area contributed by atoms with Crippen LogP contribution in [0.4, 0.5) is 14.5 Å². The first kappa shape index (κ1) is 15.9. The molecule has 21 heavy (non-hydrogen) atoms. The van der Waals surface area contributed by atoms with Crippen LogP contribution in [-0.2, 0) is 4.79 Å². The van der Waals surface area contributed by atoms with Crippen LogP contribution in [0.1, 0.15) is 25.7 Å². The number of hydrogen-bond acceptors (Lipinski definition) is 3. The van der Waals surface area contributed by atoms with Crippen LogP contribution in [0.15, 0.2) is 18.2 Å². The van der Waals surface area contributed by atoms with Gasteiger partial charge in [-0.3, -0.25) is 9.69 Å². The molecule has 1 saturated carbocycles. The van der Waals surface area contributed by atoms with Crippen molar-refractivity contribution < 1.29 is 18.7 Å². The molecule has 1 aliphatic rings. The van der Waals surface area contributed by atoms with Crippen molar-refractivity contribution in [3.63, 3.8) is 0 Å². The molecule has 0 atom stereocenters. The monoisotopic (exact) mass is 298 g/mol. The Kier molecular flexibility index (Phi) is 5.64. The Morgan fingerprint density at radius 1 is 1.33 bits per heavy atom. The fourth-order valence-corrected chi connectivity index (χ4v) is 2.76. The lowest BCUT2D eigenvalue weighted by atomic mass is 10.2. The van der Waals surface area contributed by atoms with E-state index in [9.17, 15) is 13.6 Å². The molecule has 0 heterocycles. The Bertz CT molecular complexity index is 491. The maximum Gasteiger partial charge on any atom is 0.238 e. The second-order valence-electron chi connectivity index (χ2n) is 5.30. The number of carbonyl (C=O) groups is 1. The molecule has 0 spiro atoms. The highest BCUT2D eigenvalue weighted by Gasteiger charge is 2.24. The van der Waals surface area contributed by atoms with Crippen molar-refractivity contribution in [2.45, 2.75) is 31.7 Å². The van der Waals surface area contributed by atoms with Crippen molar-refractivity contribution >= 4 is 11.6 Å². The van der Waals surface area contributed by atoms with E-state index >= 15 is 0 Å². The summed E-state index contributed by atoms with van der Waals surface area (Å²) in [5.74, 6) is -1.67. The van der Waals surface area contributed by atoms with Gasteiger partial charge in [0.15, 0.2) is 0 Å². The molecule has 2 N–H and O–H groups in total. The van der Waals surface area contributed by atoms with Gasteiger partial charge in [0, 0.05) is 18.7 Å². The summed E-state index contributed by atoms with van der Waals surface area (Å²) in [6.45, 7) is 0.447. The number of halogens is 2. The molecule has 1 aromatic carbocycles. The van der Waals surface area contributed by atoms with E-state index in [1.54, 1.807) is 0 Å². The Hall–Kier alpha value is -1.53. The molecular formula is C15H20F2N2O2. The van der Waals surface area contributed by atoms with E-state index in [4.69, 9.17) is 5.11 Å². The third kappa shape index (κ3) is 4.47. The number of carbonyl (C=O) groups excluding carboxylic acids is 1. The molecule has 116 valence electrons. The first-order chi connectivity index (χ1) is 10.1. The van der Waals surface area contributed by atoms with Gasteiger partial charge in [0.2, 0.25) is 5.91 Å². The highest BCUT2D eigenvalue weighted by molar-refractivity contribution is 5.92. The van der Waals surface area contributed by atoms with Gasteiger partial charge >= 0.3 is 0 Å². The smallest absolute Gasteiger partial charge is 0.238 e. The van der Waals surface area contributed by atoms with Gasteiger partial charge in [0.1, 0.15) is 11.6 Å². The van der Waals surface area contributed by atoms with Crippen LogP contribution in [0.5, 0.6) is 0 Å². The number of nitrogens with one attached hydrogen (secondary N) is 1. The van der Waals surface area contributed by atoms with Gasteiger partial charge < -0.3 is 10.4 Å². The van der Waals surface area contributed by atoms with Gasteiger partial charge in [-0.1, -0.05) is 12.8 Å². The lowest BCUT2D eigenvalue weighted by molar-refractivity contribution is -0.118. The summed E-state index contributed by atoms with van der Waals surface area (Å²) in [7, 11) is 0. The van der Waals surface area contributed by atoms with Crippen molar-refractivity contribution in [1.82, 2.24) is 4.90 Å². The van der Waals surface area contributed by atoms with Crippen LogP contribution in [0, 0.1) is 11.6 Å². The molecule has 1 aromatic rings. The minimum Gasteiger partial charge on any atom is -0.395 e. The highest BCUT2D eigenvalue weighted by Crippen LogP contribution is 2.23. The Balaban J connectivity index is 1.96. The van der Waals surface area contributed by atoms with E-state index in [0.29, 0.717) is 6.54 Å². The fourth-order valence-electron chi connectivity index (χ4n) is 2.76. The highest BCUT2D eigenvalue weighted by atomic mass is 19.1. The number of rotatable bonds is 6. The van der Waals surface area contributed by atoms with Crippen molar-refractivity contribution in [2.75, 3.05) is 25.0 Å². The molecule has 0 aliphatic heterocycles. The van der Waals surface area contributed by atoms with Crippen molar-refractivity contribution in [3.8, 4) is 0 Å². The van der Waals surface area contributed by atoms with E-state index in [0.717, 1.165) is 43.9 Å². The number of hydrogen-bond donors (Lipinski definition) is 2. The number of benzene rings is 1. The molecule has 0 radical (unpaired) electrons. The third-order valence-corrected chi connectivity index (χ3v) is 3.78. The average Bonchev–Trinajstić information content (AvgIpc) is 2.96. The second kappa shape index (κ2) is 7.47. The lowest BCUT2D eigenvalue weighted by Gasteiger charge is -2.27. The molecule has 0 saturated heterocycles. The molecule has 0 aromatic heterocycles. The number of anilines is 1.